The maximum absolute atomic E-state index is 13.1. The Balaban J connectivity index is 1.94. The molecule has 1 fully saturated rings. The van der Waals surface area contributed by atoms with Crippen molar-refractivity contribution in [1.82, 2.24) is 4.31 Å². The monoisotopic (exact) mass is 422 g/mol. The zero-order valence-electron chi connectivity index (χ0n) is 15.9. The number of carbonyl (C=O) groups is 1. The van der Waals surface area contributed by atoms with E-state index in [9.17, 15) is 13.2 Å². The van der Waals surface area contributed by atoms with Crippen molar-refractivity contribution in [3.05, 3.63) is 58.1 Å². The fraction of sp³-hybridized carbons (Fsp3) is 0.350. The molecule has 1 heterocycles. The maximum atomic E-state index is 13.1. The van der Waals surface area contributed by atoms with Crippen molar-refractivity contribution in [2.75, 3.05) is 31.6 Å². The summed E-state index contributed by atoms with van der Waals surface area (Å²) in [7, 11) is -3.70. The van der Waals surface area contributed by atoms with Gasteiger partial charge >= 0.3 is 0 Å². The number of morpholine rings is 1. The molecule has 0 aromatic heterocycles. The Morgan fingerprint density at radius 3 is 2.61 bits per heavy atom. The summed E-state index contributed by atoms with van der Waals surface area (Å²) in [6.45, 7) is 5.06. The van der Waals surface area contributed by atoms with E-state index in [1.807, 2.05) is 13.8 Å². The lowest BCUT2D eigenvalue weighted by atomic mass is 10.1. The normalized spacial score (nSPS) is 15.4. The first-order valence-electron chi connectivity index (χ1n) is 9.12. The summed E-state index contributed by atoms with van der Waals surface area (Å²) >= 11 is 6.11. The highest BCUT2D eigenvalue weighted by Crippen LogP contribution is 2.26. The van der Waals surface area contributed by atoms with Gasteiger partial charge in [-0.3, -0.25) is 4.79 Å². The van der Waals surface area contributed by atoms with Crippen molar-refractivity contribution in [3.63, 3.8) is 0 Å². The zero-order valence-corrected chi connectivity index (χ0v) is 17.4. The van der Waals surface area contributed by atoms with Crippen LogP contribution >= 0.6 is 11.6 Å². The van der Waals surface area contributed by atoms with Gasteiger partial charge in [-0.1, -0.05) is 30.7 Å². The predicted molar refractivity (Wildman–Crippen MR) is 110 cm³/mol. The van der Waals surface area contributed by atoms with Crippen LogP contribution in [0, 0.1) is 6.92 Å². The third-order valence-corrected chi connectivity index (χ3v) is 7.20. The molecule has 150 valence electrons. The molecule has 0 atom stereocenters. The topological polar surface area (TPSA) is 75.7 Å². The lowest BCUT2D eigenvalue weighted by Gasteiger charge is -2.27. The third kappa shape index (κ3) is 4.22. The number of hydrogen-bond donors (Lipinski definition) is 1. The molecule has 0 radical (unpaired) electrons. The first kappa shape index (κ1) is 20.8. The number of amides is 1. The summed E-state index contributed by atoms with van der Waals surface area (Å²) in [6.07, 6.45) is 0.550. The van der Waals surface area contributed by atoms with E-state index >= 15 is 0 Å². The van der Waals surface area contributed by atoms with Crippen molar-refractivity contribution in [2.45, 2.75) is 25.2 Å². The molecule has 0 unspecified atom stereocenters. The minimum atomic E-state index is -3.70. The summed E-state index contributed by atoms with van der Waals surface area (Å²) in [5.41, 5.74) is 2.31. The zero-order chi connectivity index (χ0) is 20.3. The lowest BCUT2D eigenvalue weighted by Crippen LogP contribution is -2.41. The second-order valence-electron chi connectivity index (χ2n) is 6.56. The SMILES string of the molecule is CCc1ccc(C(=O)Nc2cccc(Cl)c2C)cc1S(=O)(=O)N1CCOCC1. The Bertz CT molecular complexity index is 986. The van der Waals surface area contributed by atoms with E-state index in [0.29, 0.717) is 49.0 Å². The number of carbonyl (C=O) groups excluding carboxylic acids is 1. The number of halogens is 1. The van der Waals surface area contributed by atoms with Gasteiger partial charge < -0.3 is 10.1 Å². The first-order valence-corrected chi connectivity index (χ1v) is 10.9. The van der Waals surface area contributed by atoms with Crippen molar-refractivity contribution >= 4 is 33.2 Å². The van der Waals surface area contributed by atoms with Gasteiger partial charge in [0, 0.05) is 29.4 Å². The number of aryl methyl sites for hydroxylation is 1. The van der Waals surface area contributed by atoms with Gasteiger partial charge in [0.1, 0.15) is 0 Å². The number of nitrogens with one attached hydrogen (secondary N) is 1. The van der Waals surface area contributed by atoms with Gasteiger partial charge in [-0.2, -0.15) is 4.31 Å². The lowest BCUT2D eigenvalue weighted by molar-refractivity contribution is 0.0730. The molecule has 0 bridgehead atoms. The molecule has 3 rings (SSSR count). The van der Waals surface area contributed by atoms with E-state index in [1.54, 1.807) is 30.3 Å². The molecular formula is C20H23ClN2O4S. The van der Waals surface area contributed by atoms with Gasteiger partial charge in [-0.15, -0.1) is 0 Å². The van der Waals surface area contributed by atoms with E-state index in [4.69, 9.17) is 16.3 Å². The highest BCUT2D eigenvalue weighted by molar-refractivity contribution is 7.89. The molecule has 0 saturated carbocycles. The van der Waals surface area contributed by atoms with Crippen LogP contribution in [0.15, 0.2) is 41.3 Å². The van der Waals surface area contributed by atoms with Gasteiger partial charge in [0.15, 0.2) is 0 Å². The third-order valence-electron chi connectivity index (χ3n) is 4.81. The number of nitrogens with zero attached hydrogens (tertiary/aromatic N) is 1. The highest BCUT2D eigenvalue weighted by atomic mass is 35.5. The van der Waals surface area contributed by atoms with Gasteiger partial charge in [-0.25, -0.2) is 8.42 Å². The van der Waals surface area contributed by atoms with Gasteiger partial charge in [0.25, 0.3) is 5.91 Å². The second-order valence-corrected chi connectivity index (χ2v) is 8.87. The molecule has 1 amide bonds. The summed E-state index contributed by atoms with van der Waals surface area (Å²) < 4.78 is 32.9. The molecule has 1 saturated heterocycles. The van der Waals surface area contributed by atoms with Crippen molar-refractivity contribution in [1.29, 1.82) is 0 Å². The summed E-state index contributed by atoms with van der Waals surface area (Å²) in [6, 6.07) is 10.1. The van der Waals surface area contributed by atoms with Crippen LogP contribution in [0.4, 0.5) is 5.69 Å². The fourth-order valence-corrected chi connectivity index (χ4v) is 4.99. The van der Waals surface area contributed by atoms with Crippen molar-refractivity contribution in [3.8, 4) is 0 Å². The molecule has 1 N–H and O–H groups in total. The summed E-state index contributed by atoms with van der Waals surface area (Å²) in [5, 5.41) is 3.36. The van der Waals surface area contributed by atoms with Crippen molar-refractivity contribution in [2.24, 2.45) is 0 Å². The number of rotatable bonds is 5. The molecule has 0 spiro atoms. The molecule has 8 heteroatoms. The van der Waals surface area contributed by atoms with Gasteiger partial charge in [0.05, 0.1) is 18.1 Å². The minimum absolute atomic E-state index is 0.173. The van der Waals surface area contributed by atoms with Crippen LogP contribution in [0.1, 0.15) is 28.4 Å². The average Bonchev–Trinajstić information content (AvgIpc) is 2.71. The van der Waals surface area contributed by atoms with Crippen LogP contribution in [0.25, 0.3) is 0 Å². The Kier molecular flexibility index (Phi) is 6.40. The minimum Gasteiger partial charge on any atom is -0.379 e. The quantitative estimate of drug-likeness (QED) is 0.800. The Morgan fingerprint density at radius 1 is 1.21 bits per heavy atom. The number of sulfonamides is 1. The first-order chi connectivity index (χ1) is 13.3. The van der Waals surface area contributed by atoms with E-state index in [2.05, 4.69) is 5.32 Å². The molecule has 1 aliphatic rings. The van der Waals surface area contributed by atoms with Crippen LogP contribution in [0.5, 0.6) is 0 Å². The largest absolute Gasteiger partial charge is 0.379 e. The average molecular weight is 423 g/mol. The van der Waals surface area contributed by atoms with E-state index in [0.717, 1.165) is 5.56 Å². The molecule has 1 aliphatic heterocycles. The van der Waals surface area contributed by atoms with Crippen molar-refractivity contribution < 1.29 is 17.9 Å². The second kappa shape index (κ2) is 8.61. The highest BCUT2D eigenvalue weighted by Gasteiger charge is 2.29. The summed E-state index contributed by atoms with van der Waals surface area (Å²) in [5.74, 6) is -0.383. The number of hydrogen-bond acceptors (Lipinski definition) is 4. The molecule has 0 aliphatic carbocycles. The molecule has 28 heavy (non-hydrogen) atoms. The van der Waals surface area contributed by atoms with E-state index in [1.165, 1.54) is 10.4 Å². The Morgan fingerprint density at radius 2 is 1.93 bits per heavy atom. The van der Waals surface area contributed by atoms with Crippen LogP contribution < -0.4 is 5.32 Å². The summed E-state index contributed by atoms with van der Waals surface area (Å²) in [4.78, 5) is 12.9. The van der Waals surface area contributed by atoms with Crippen LogP contribution in [0.3, 0.4) is 0 Å². The van der Waals surface area contributed by atoms with E-state index < -0.39 is 10.0 Å². The van der Waals surface area contributed by atoms with Gasteiger partial charge in [0.2, 0.25) is 10.0 Å². The molecule has 2 aromatic rings. The number of ether oxygens (including phenoxy) is 1. The number of anilines is 1. The smallest absolute Gasteiger partial charge is 0.255 e. The van der Waals surface area contributed by atoms with E-state index in [-0.39, 0.29) is 16.4 Å². The standard InChI is InChI=1S/C20H23ClN2O4S/c1-3-15-7-8-16(20(24)22-18-6-4-5-17(21)14(18)2)13-19(15)28(25,26)23-9-11-27-12-10-23/h4-8,13H,3,9-12H2,1-2H3,(H,22,24). The Hall–Kier alpha value is -1.93. The molecule has 6 nitrogen and oxygen atoms in total. The molecular weight excluding hydrogens is 400 g/mol. The number of benzene rings is 2. The van der Waals surface area contributed by atoms with Crippen LogP contribution in [0.2, 0.25) is 5.02 Å². The Labute approximate surface area is 170 Å². The van der Waals surface area contributed by atoms with Crippen LogP contribution in [-0.2, 0) is 21.2 Å². The fourth-order valence-electron chi connectivity index (χ4n) is 3.09. The van der Waals surface area contributed by atoms with Gasteiger partial charge in [-0.05, 0) is 48.7 Å². The predicted octanol–water partition coefficient (Wildman–Crippen LogP) is 3.48. The molecule has 2 aromatic carbocycles. The maximum Gasteiger partial charge on any atom is 0.255 e. The van der Waals surface area contributed by atoms with Crippen LogP contribution in [-0.4, -0.2) is 44.9 Å².